The maximum absolute atomic E-state index is 12.3. The van der Waals surface area contributed by atoms with Gasteiger partial charge in [-0.25, -0.2) is 0 Å². The van der Waals surface area contributed by atoms with Gasteiger partial charge in [0.2, 0.25) is 11.8 Å². The highest BCUT2D eigenvalue weighted by Crippen LogP contribution is 2.31. The Kier molecular flexibility index (Phi) is 4.18. The Morgan fingerprint density at radius 1 is 1.04 bits per heavy atom. The van der Waals surface area contributed by atoms with E-state index in [1.165, 1.54) is 0 Å². The molecule has 1 aromatic heterocycles. The molecule has 0 spiro atoms. The first kappa shape index (κ1) is 16.0. The molecule has 0 aliphatic carbocycles. The maximum Gasteiger partial charge on any atom is 0.322 e. The molecule has 7 nitrogen and oxygen atoms in total. The molecule has 1 aliphatic heterocycles. The van der Waals surface area contributed by atoms with Crippen LogP contribution in [0.3, 0.4) is 0 Å². The van der Waals surface area contributed by atoms with E-state index in [9.17, 15) is 9.59 Å². The van der Waals surface area contributed by atoms with Gasteiger partial charge in [0, 0.05) is 24.2 Å². The molecule has 130 valence electrons. The molecule has 2 heterocycles. The molecule has 2 amide bonds. The number of anilines is 2. The number of hydrogen-bond acceptors (Lipinski definition) is 5. The predicted octanol–water partition coefficient (Wildman–Crippen LogP) is 2.84. The Balaban J connectivity index is 1.45. The van der Waals surface area contributed by atoms with Gasteiger partial charge < -0.3 is 9.32 Å². The monoisotopic (exact) mass is 348 g/mol. The van der Waals surface area contributed by atoms with Crippen molar-refractivity contribution in [3.63, 3.8) is 0 Å². The zero-order valence-corrected chi connectivity index (χ0v) is 13.8. The van der Waals surface area contributed by atoms with Gasteiger partial charge in [0.15, 0.2) is 0 Å². The van der Waals surface area contributed by atoms with Crippen LogP contribution in [0, 0.1) is 0 Å². The lowest BCUT2D eigenvalue weighted by Crippen LogP contribution is -2.24. The minimum absolute atomic E-state index is 0.00858. The second-order valence-electron chi connectivity index (χ2n) is 6.01. The summed E-state index contributed by atoms with van der Waals surface area (Å²) in [5.74, 6) is -0.166. The Hall–Kier alpha value is -3.48. The van der Waals surface area contributed by atoms with Gasteiger partial charge in [-0.3, -0.25) is 14.9 Å². The molecule has 4 rings (SSSR count). The van der Waals surface area contributed by atoms with Gasteiger partial charge in [0.1, 0.15) is 0 Å². The van der Waals surface area contributed by atoms with E-state index in [-0.39, 0.29) is 23.7 Å². The number of rotatable bonds is 4. The third-order valence-electron chi connectivity index (χ3n) is 4.24. The molecule has 1 atom stereocenters. The molecule has 0 saturated carbocycles. The molecule has 0 bridgehead atoms. The number of amides is 2. The molecule has 1 aliphatic rings. The number of nitrogens with zero attached hydrogens (tertiary/aromatic N) is 3. The summed E-state index contributed by atoms with van der Waals surface area (Å²) in [7, 11) is 0. The average molecular weight is 348 g/mol. The van der Waals surface area contributed by atoms with Crippen LogP contribution < -0.4 is 10.2 Å². The summed E-state index contributed by atoms with van der Waals surface area (Å²) < 4.78 is 5.56. The smallest absolute Gasteiger partial charge is 0.322 e. The number of carbonyl (C=O) groups is 2. The first-order valence-electron chi connectivity index (χ1n) is 8.26. The van der Waals surface area contributed by atoms with Crippen molar-refractivity contribution in [2.75, 3.05) is 16.8 Å². The van der Waals surface area contributed by atoms with Crippen LogP contribution in [0.5, 0.6) is 0 Å². The maximum atomic E-state index is 12.3. The normalized spacial score (nSPS) is 16.7. The second-order valence-corrected chi connectivity index (χ2v) is 6.01. The van der Waals surface area contributed by atoms with Gasteiger partial charge in [-0.05, 0) is 24.3 Å². The molecular formula is C19H16N4O3. The number of aromatic nitrogens is 2. The van der Waals surface area contributed by atoms with E-state index < -0.39 is 0 Å². The van der Waals surface area contributed by atoms with Gasteiger partial charge in [0.25, 0.3) is 5.91 Å². The topological polar surface area (TPSA) is 88.3 Å². The third-order valence-corrected chi connectivity index (χ3v) is 4.24. The Labute approximate surface area is 149 Å². The van der Waals surface area contributed by atoms with Gasteiger partial charge in [-0.15, -0.1) is 5.10 Å². The number of benzene rings is 2. The van der Waals surface area contributed by atoms with E-state index in [4.69, 9.17) is 4.42 Å². The summed E-state index contributed by atoms with van der Waals surface area (Å²) in [5.41, 5.74) is 1.34. The van der Waals surface area contributed by atoms with Crippen LogP contribution in [0.1, 0.15) is 28.6 Å². The molecular weight excluding hydrogens is 332 g/mol. The van der Waals surface area contributed by atoms with Crippen LogP contribution in [0.4, 0.5) is 11.7 Å². The fraction of sp³-hybridized carbons (Fsp3) is 0.158. The van der Waals surface area contributed by atoms with Crippen LogP contribution in [0.15, 0.2) is 65.1 Å². The summed E-state index contributed by atoms with van der Waals surface area (Å²) in [6.07, 6.45) is 0.295. The zero-order chi connectivity index (χ0) is 17.9. The highest BCUT2D eigenvalue weighted by Gasteiger charge is 2.35. The molecule has 7 heteroatoms. The quantitative estimate of drug-likeness (QED) is 0.783. The molecule has 1 N–H and O–H groups in total. The summed E-state index contributed by atoms with van der Waals surface area (Å²) in [6.45, 7) is 0.469. The molecule has 3 aromatic rings. The largest absolute Gasteiger partial charge is 0.407 e. The standard InChI is InChI=1S/C19H16N4O3/c24-16-11-14(12-23(16)15-9-5-2-6-10-15)18-21-22-19(26-18)20-17(25)13-7-3-1-4-8-13/h1-10,14H,11-12H2,(H,20,22,25)/t14-/m1/s1. The van der Waals surface area contributed by atoms with Gasteiger partial charge in [-0.2, -0.15) is 0 Å². The van der Waals surface area contributed by atoms with Crippen molar-refractivity contribution in [3.8, 4) is 0 Å². The van der Waals surface area contributed by atoms with E-state index >= 15 is 0 Å². The molecule has 1 saturated heterocycles. The van der Waals surface area contributed by atoms with Crippen molar-refractivity contribution in [3.05, 3.63) is 72.1 Å². The first-order chi connectivity index (χ1) is 12.7. The van der Waals surface area contributed by atoms with Crippen molar-refractivity contribution < 1.29 is 14.0 Å². The van der Waals surface area contributed by atoms with E-state index in [1.54, 1.807) is 29.2 Å². The van der Waals surface area contributed by atoms with Crippen LogP contribution in [0.2, 0.25) is 0 Å². The van der Waals surface area contributed by atoms with Crippen molar-refractivity contribution in [1.82, 2.24) is 10.2 Å². The lowest BCUT2D eigenvalue weighted by atomic mass is 10.1. The molecule has 0 radical (unpaired) electrons. The summed E-state index contributed by atoms with van der Waals surface area (Å²) in [5, 5.41) is 10.4. The van der Waals surface area contributed by atoms with Crippen LogP contribution >= 0.6 is 0 Å². The summed E-state index contributed by atoms with van der Waals surface area (Å²) in [4.78, 5) is 26.1. The Morgan fingerprint density at radius 2 is 1.73 bits per heavy atom. The zero-order valence-electron chi connectivity index (χ0n) is 13.8. The first-order valence-corrected chi connectivity index (χ1v) is 8.26. The predicted molar refractivity (Wildman–Crippen MR) is 94.8 cm³/mol. The number of hydrogen-bond donors (Lipinski definition) is 1. The van der Waals surface area contributed by atoms with Gasteiger partial charge in [-0.1, -0.05) is 41.5 Å². The van der Waals surface area contributed by atoms with E-state index in [2.05, 4.69) is 15.5 Å². The second kappa shape index (κ2) is 6.79. The van der Waals surface area contributed by atoms with Crippen LogP contribution in [0.25, 0.3) is 0 Å². The van der Waals surface area contributed by atoms with Gasteiger partial charge >= 0.3 is 6.01 Å². The van der Waals surface area contributed by atoms with Crippen molar-refractivity contribution in [2.45, 2.75) is 12.3 Å². The number of nitrogens with one attached hydrogen (secondary N) is 1. The lowest BCUT2D eigenvalue weighted by Gasteiger charge is -2.15. The number of para-hydroxylation sites is 1. The molecule has 1 fully saturated rings. The Bertz CT molecular complexity index is 924. The van der Waals surface area contributed by atoms with Crippen molar-refractivity contribution >= 4 is 23.5 Å². The van der Waals surface area contributed by atoms with Crippen LogP contribution in [-0.4, -0.2) is 28.6 Å². The number of carbonyl (C=O) groups excluding carboxylic acids is 2. The third kappa shape index (κ3) is 3.19. The fourth-order valence-electron chi connectivity index (χ4n) is 2.94. The minimum Gasteiger partial charge on any atom is -0.407 e. The Morgan fingerprint density at radius 3 is 2.46 bits per heavy atom. The molecule has 0 unspecified atom stereocenters. The average Bonchev–Trinajstić information content (AvgIpc) is 3.30. The van der Waals surface area contributed by atoms with Crippen molar-refractivity contribution in [2.24, 2.45) is 0 Å². The molecule has 26 heavy (non-hydrogen) atoms. The SMILES string of the molecule is O=C(Nc1nnc([C@@H]2CC(=O)N(c3ccccc3)C2)o1)c1ccccc1. The highest BCUT2D eigenvalue weighted by atomic mass is 16.4. The summed E-state index contributed by atoms with van der Waals surface area (Å²) in [6, 6.07) is 18.3. The summed E-state index contributed by atoms with van der Waals surface area (Å²) >= 11 is 0. The minimum atomic E-state index is -0.325. The van der Waals surface area contributed by atoms with Gasteiger partial charge in [0.05, 0.1) is 5.92 Å². The van der Waals surface area contributed by atoms with E-state index in [0.29, 0.717) is 24.4 Å². The molecule has 2 aromatic carbocycles. The highest BCUT2D eigenvalue weighted by molar-refractivity contribution is 6.03. The van der Waals surface area contributed by atoms with E-state index in [1.807, 2.05) is 36.4 Å². The lowest BCUT2D eigenvalue weighted by molar-refractivity contribution is -0.117. The van der Waals surface area contributed by atoms with Crippen LogP contribution in [-0.2, 0) is 4.79 Å². The fourth-order valence-corrected chi connectivity index (χ4v) is 2.94. The van der Waals surface area contributed by atoms with E-state index in [0.717, 1.165) is 5.69 Å². The van der Waals surface area contributed by atoms with Crippen molar-refractivity contribution in [1.29, 1.82) is 0 Å².